The normalized spacial score (nSPS) is 14.5. The third kappa shape index (κ3) is 1.77. The van der Waals surface area contributed by atoms with Gasteiger partial charge in [-0.15, -0.1) is 11.6 Å². The van der Waals surface area contributed by atoms with Crippen LogP contribution in [-0.2, 0) is 4.87 Å². The molecule has 0 heterocycles. The van der Waals surface area contributed by atoms with Crippen LogP contribution in [0.15, 0.2) is 66.7 Å². The molecule has 0 N–H and O–H groups in total. The number of halogens is 1. The Bertz CT molecular complexity index is 811. The topological polar surface area (TPSA) is 0 Å². The fourth-order valence-corrected chi connectivity index (χ4v) is 3.94. The molecule has 0 spiro atoms. The molecule has 0 radical (unpaired) electrons. The van der Waals surface area contributed by atoms with Crippen LogP contribution in [0.5, 0.6) is 0 Å². The summed E-state index contributed by atoms with van der Waals surface area (Å²) in [6.45, 7) is 4.26. The monoisotopic (exact) mass is 304 g/mol. The number of rotatable bonds is 1. The lowest BCUT2D eigenvalue weighted by molar-refractivity contribution is 0.910. The third-order valence-corrected chi connectivity index (χ3v) is 5.18. The summed E-state index contributed by atoms with van der Waals surface area (Å²) in [5.74, 6) is 0. The first-order valence-electron chi connectivity index (χ1n) is 7.58. The Balaban J connectivity index is 2.10. The van der Waals surface area contributed by atoms with Gasteiger partial charge >= 0.3 is 0 Å². The van der Waals surface area contributed by atoms with Gasteiger partial charge in [0, 0.05) is 0 Å². The van der Waals surface area contributed by atoms with Gasteiger partial charge in [0.05, 0.1) is 0 Å². The number of hydrogen-bond acceptors (Lipinski definition) is 0. The van der Waals surface area contributed by atoms with E-state index in [2.05, 4.69) is 74.5 Å². The molecule has 4 rings (SSSR count). The first-order valence-corrected chi connectivity index (χ1v) is 7.95. The fourth-order valence-electron chi connectivity index (χ4n) is 3.49. The second-order valence-electron chi connectivity index (χ2n) is 6.12. The van der Waals surface area contributed by atoms with E-state index in [1.54, 1.807) is 0 Å². The lowest BCUT2D eigenvalue weighted by atomic mass is 9.88. The molecule has 108 valence electrons. The van der Waals surface area contributed by atoms with Crippen molar-refractivity contribution in [3.05, 3.63) is 94.5 Å². The van der Waals surface area contributed by atoms with Crippen molar-refractivity contribution in [2.24, 2.45) is 0 Å². The largest absolute Gasteiger partial charge is 0.121 e. The van der Waals surface area contributed by atoms with Crippen molar-refractivity contribution in [3.8, 4) is 11.1 Å². The first-order chi connectivity index (χ1) is 10.6. The van der Waals surface area contributed by atoms with Crippen LogP contribution in [0.3, 0.4) is 0 Å². The van der Waals surface area contributed by atoms with Crippen molar-refractivity contribution < 1.29 is 0 Å². The van der Waals surface area contributed by atoms with Gasteiger partial charge in [0.1, 0.15) is 4.87 Å². The summed E-state index contributed by atoms with van der Waals surface area (Å²) in [4.78, 5) is -0.590. The predicted octanol–water partition coefficient (Wildman–Crippen LogP) is 5.81. The molecule has 1 aliphatic carbocycles. The number of alkyl halides is 1. The summed E-state index contributed by atoms with van der Waals surface area (Å²) < 4.78 is 0. The van der Waals surface area contributed by atoms with E-state index in [1.807, 2.05) is 6.07 Å². The molecule has 0 saturated carbocycles. The Hall–Kier alpha value is -2.05. The minimum Gasteiger partial charge on any atom is -0.103 e. The van der Waals surface area contributed by atoms with Crippen LogP contribution >= 0.6 is 11.6 Å². The van der Waals surface area contributed by atoms with Gasteiger partial charge in [-0.1, -0.05) is 77.9 Å². The van der Waals surface area contributed by atoms with Gasteiger partial charge in [0.2, 0.25) is 0 Å². The van der Waals surface area contributed by atoms with Gasteiger partial charge in [0.15, 0.2) is 0 Å². The number of hydrogen-bond donors (Lipinski definition) is 0. The summed E-state index contributed by atoms with van der Waals surface area (Å²) >= 11 is 7.26. The van der Waals surface area contributed by atoms with E-state index in [-0.39, 0.29) is 0 Å². The van der Waals surface area contributed by atoms with E-state index in [1.165, 1.54) is 33.4 Å². The minimum atomic E-state index is -0.590. The summed E-state index contributed by atoms with van der Waals surface area (Å²) in [5.41, 5.74) is 8.55. The van der Waals surface area contributed by atoms with Gasteiger partial charge in [-0.25, -0.2) is 0 Å². The molecule has 0 atom stereocenters. The third-order valence-electron chi connectivity index (χ3n) is 4.55. The average molecular weight is 305 g/mol. The molecule has 0 fully saturated rings. The molecule has 0 unspecified atom stereocenters. The van der Waals surface area contributed by atoms with Crippen molar-refractivity contribution in [3.63, 3.8) is 0 Å². The highest BCUT2D eigenvalue weighted by Gasteiger charge is 2.43. The van der Waals surface area contributed by atoms with Gasteiger partial charge in [0.25, 0.3) is 0 Å². The molecule has 0 saturated heterocycles. The highest BCUT2D eigenvalue weighted by Crippen LogP contribution is 2.55. The second kappa shape index (κ2) is 4.72. The van der Waals surface area contributed by atoms with Crippen molar-refractivity contribution in [1.29, 1.82) is 0 Å². The Labute approximate surface area is 136 Å². The van der Waals surface area contributed by atoms with Crippen LogP contribution in [0.25, 0.3) is 11.1 Å². The van der Waals surface area contributed by atoms with E-state index < -0.39 is 4.87 Å². The van der Waals surface area contributed by atoms with E-state index in [0.717, 1.165) is 5.56 Å². The minimum absolute atomic E-state index is 0.590. The molecular formula is C21H17Cl. The molecule has 0 nitrogen and oxygen atoms in total. The summed E-state index contributed by atoms with van der Waals surface area (Å²) in [5, 5.41) is 0. The van der Waals surface area contributed by atoms with Crippen LogP contribution in [0.2, 0.25) is 0 Å². The summed E-state index contributed by atoms with van der Waals surface area (Å²) in [6.07, 6.45) is 0. The van der Waals surface area contributed by atoms with Crippen molar-refractivity contribution in [2.45, 2.75) is 18.7 Å². The molecule has 22 heavy (non-hydrogen) atoms. The molecule has 0 aromatic heterocycles. The van der Waals surface area contributed by atoms with Crippen molar-refractivity contribution in [1.82, 2.24) is 0 Å². The zero-order valence-corrected chi connectivity index (χ0v) is 13.5. The maximum atomic E-state index is 7.26. The molecule has 1 aliphatic rings. The zero-order chi connectivity index (χ0) is 15.3. The number of benzene rings is 3. The molecule has 1 heteroatoms. The van der Waals surface area contributed by atoms with Crippen LogP contribution in [0.1, 0.15) is 27.8 Å². The molecule has 0 amide bonds. The Morgan fingerprint density at radius 3 is 1.68 bits per heavy atom. The predicted molar refractivity (Wildman–Crippen MR) is 93.5 cm³/mol. The first kappa shape index (κ1) is 13.6. The van der Waals surface area contributed by atoms with Crippen LogP contribution in [-0.4, -0.2) is 0 Å². The Morgan fingerprint density at radius 2 is 1.18 bits per heavy atom. The van der Waals surface area contributed by atoms with Gasteiger partial charge in [-0.05, 0) is 41.7 Å². The standard InChI is InChI=1S/C21H17Cl/c1-14-8-10-19-17(12-14)18-13-15(2)9-11-20(18)21(19,22)16-6-4-3-5-7-16/h3-13H,1-2H3. The van der Waals surface area contributed by atoms with Crippen molar-refractivity contribution >= 4 is 11.6 Å². The highest BCUT2D eigenvalue weighted by molar-refractivity contribution is 6.30. The molecular weight excluding hydrogens is 288 g/mol. The number of aryl methyl sites for hydroxylation is 2. The SMILES string of the molecule is Cc1ccc2c(c1)-c1cc(C)ccc1C2(Cl)c1ccccc1. The molecule has 0 aliphatic heterocycles. The summed E-state index contributed by atoms with van der Waals surface area (Å²) in [6, 6.07) is 23.5. The lowest BCUT2D eigenvalue weighted by Crippen LogP contribution is -2.19. The second-order valence-corrected chi connectivity index (χ2v) is 6.69. The van der Waals surface area contributed by atoms with Gasteiger partial charge in [-0.3, -0.25) is 0 Å². The quantitative estimate of drug-likeness (QED) is 0.497. The molecule has 0 bridgehead atoms. The van der Waals surface area contributed by atoms with Gasteiger partial charge < -0.3 is 0 Å². The highest BCUT2D eigenvalue weighted by atomic mass is 35.5. The van der Waals surface area contributed by atoms with E-state index in [9.17, 15) is 0 Å². The maximum absolute atomic E-state index is 7.26. The smallest absolute Gasteiger partial charge is 0.103 e. The maximum Gasteiger partial charge on any atom is 0.121 e. The molecule has 3 aromatic rings. The Morgan fingerprint density at radius 1 is 0.682 bits per heavy atom. The van der Waals surface area contributed by atoms with E-state index >= 15 is 0 Å². The van der Waals surface area contributed by atoms with E-state index in [0.29, 0.717) is 0 Å². The Kier molecular flexibility index (Phi) is 2.92. The summed E-state index contributed by atoms with van der Waals surface area (Å²) in [7, 11) is 0. The fraction of sp³-hybridized carbons (Fsp3) is 0.143. The van der Waals surface area contributed by atoms with E-state index in [4.69, 9.17) is 11.6 Å². The zero-order valence-electron chi connectivity index (χ0n) is 12.7. The van der Waals surface area contributed by atoms with Gasteiger partial charge in [-0.2, -0.15) is 0 Å². The lowest BCUT2D eigenvalue weighted by Gasteiger charge is -2.25. The average Bonchev–Trinajstić information content (AvgIpc) is 2.78. The molecule has 3 aromatic carbocycles. The van der Waals surface area contributed by atoms with Crippen LogP contribution < -0.4 is 0 Å². The van der Waals surface area contributed by atoms with Crippen LogP contribution in [0, 0.1) is 13.8 Å². The number of fused-ring (bicyclic) bond motifs is 3. The van der Waals surface area contributed by atoms with Crippen LogP contribution in [0.4, 0.5) is 0 Å². The van der Waals surface area contributed by atoms with Crippen molar-refractivity contribution in [2.75, 3.05) is 0 Å².